The minimum atomic E-state index is 0.296. The molecule has 33 heavy (non-hydrogen) atoms. The summed E-state index contributed by atoms with van der Waals surface area (Å²) in [5.74, 6) is 7.51. The molecule has 170 valence electrons. The van der Waals surface area contributed by atoms with E-state index in [1.807, 2.05) is 24.3 Å². The number of nitrogens with one attached hydrogen (secondary N) is 2. The highest BCUT2D eigenvalue weighted by Gasteiger charge is 2.20. The van der Waals surface area contributed by atoms with Gasteiger partial charge in [-0.05, 0) is 24.5 Å². The number of aromatic nitrogens is 4. The van der Waals surface area contributed by atoms with E-state index < -0.39 is 0 Å². The van der Waals surface area contributed by atoms with Crippen LogP contribution in [0.1, 0.15) is 49.1 Å². The van der Waals surface area contributed by atoms with Crippen molar-refractivity contribution in [2.45, 2.75) is 44.6 Å². The van der Waals surface area contributed by atoms with Gasteiger partial charge in [0.2, 0.25) is 0 Å². The third-order valence-corrected chi connectivity index (χ3v) is 6.05. The highest BCUT2D eigenvalue weighted by Crippen LogP contribution is 2.31. The Hall–Kier alpha value is -3.72. The van der Waals surface area contributed by atoms with Crippen molar-refractivity contribution < 1.29 is 0 Å². The zero-order valence-corrected chi connectivity index (χ0v) is 18.8. The second kappa shape index (κ2) is 9.03. The van der Waals surface area contributed by atoms with Crippen LogP contribution in [0.3, 0.4) is 0 Å². The van der Waals surface area contributed by atoms with Crippen molar-refractivity contribution in [2.75, 3.05) is 12.4 Å². The monoisotopic (exact) mass is 443 g/mol. The molecule has 0 aliphatic heterocycles. The predicted octanol–water partition coefficient (Wildman–Crippen LogP) is 3.27. The number of hydrazine groups is 1. The number of nitrogens with two attached hydrogens (primary N) is 2. The number of rotatable bonds is 6. The van der Waals surface area contributed by atoms with Gasteiger partial charge in [0.05, 0.1) is 10.9 Å². The molecule has 0 amide bonds. The van der Waals surface area contributed by atoms with Gasteiger partial charge in [0.1, 0.15) is 22.8 Å². The number of anilines is 1. The number of fused-ring (bicyclic) bond motifs is 3. The Kier molecular flexibility index (Phi) is 5.78. The maximum atomic E-state index is 6.08. The Bertz CT molecular complexity index is 1290. The Labute approximate surface area is 192 Å². The molecule has 0 saturated heterocycles. The summed E-state index contributed by atoms with van der Waals surface area (Å²) in [6.45, 7) is 0. The Morgan fingerprint density at radius 3 is 2.73 bits per heavy atom. The van der Waals surface area contributed by atoms with Gasteiger partial charge in [0, 0.05) is 31.3 Å². The first-order valence-electron chi connectivity index (χ1n) is 11.4. The van der Waals surface area contributed by atoms with Crippen LogP contribution >= 0.6 is 0 Å². The van der Waals surface area contributed by atoms with Crippen molar-refractivity contribution in [3.8, 4) is 0 Å². The first-order valence-corrected chi connectivity index (χ1v) is 11.4. The quantitative estimate of drug-likeness (QED) is 0.155. The summed E-state index contributed by atoms with van der Waals surface area (Å²) in [4.78, 5) is 17.9. The molecule has 9 heteroatoms. The molecule has 0 spiro atoms. The van der Waals surface area contributed by atoms with E-state index in [2.05, 4.69) is 27.5 Å². The molecule has 6 N–H and O–H groups in total. The second-order valence-corrected chi connectivity index (χ2v) is 8.66. The second-order valence-electron chi connectivity index (χ2n) is 8.66. The van der Waals surface area contributed by atoms with Gasteiger partial charge in [-0.15, -0.1) is 5.10 Å². The molecule has 1 aliphatic carbocycles. The third-order valence-electron chi connectivity index (χ3n) is 6.05. The minimum Gasteiger partial charge on any atom is -0.382 e. The average Bonchev–Trinajstić information content (AvgIpc) is 3.18. The van der Waals surface area contributed by atoms with E-state index in [4.69, 9.17) is 26.5 Å². The van der Waals surface area contributed by atoms with Crippen molar-refractivity contribution in [3.63, 3.8) is 0 Å². The van der Waals surface area contributed by atoms with Crippen molar-refractivity contribution in [1.82, 2.24) is 25.1 Å². The molecule has 0 radical (unpaired) electrons. The smallest absolute Gasteiger partial charge is 0.153 e. The van der Waals surface area contributed by atoms with Gasteiger partial charge in [-0.2, -0.15) is 0 Å². The van der Waals surface area contributed by atoms with E-state index in [-0.39, 0.29) is 0 Å². The average molecular weight is 444 g/mol. The van der Waals surface area contributed by atoms with Crippen LogP contribution in [-0.4, -0.2) is 44.0 Å². The summed E-state index contributed by atoms with van der Waals surface area (Å²) >= 11 is 0. The molecule has 9 nitrogen and oxygen atoms in total. The highest BCUT2D eigenvalue weighted by atomic mass is 15.6. The van der Waals surface area contributed by atoms with Gasteiger partial charge in [-0.25, -0.2) is 20.9 Å². The SMILES string of the molecule is CN(N)/N=C(\N)c1cnc2c(c1)[nH]c1nc(Cc3ccccc3)nc(NC3CCCCC3)c12. The molecule has 3 aromatic heterocycles. The van der Waals surface area contributed by atoms with Crippen LogP contribution < -0.4 is 16.9 Å². The lowest BCUT2D eigenvalue weighted by Crippen LogP contribution is -2.25. The fraction of sp³-hybridized carbons (Fsp3) is 0.333. The molecule has 1 aliphatic rings. The lowest BCUT2D eigenvalue weighted by atomic mass is 9.95. The number of H-pyrrole nitrogens is 1. The number of hydrazone groups is 1. The lowest BCUT2D eigenvalue weighted by Gasteiger charge is -2.23. The molecule has 1 fully saturated rings. The van der Waals surface area contributed by atoms with E-state index >= 15 is 0 Å². The predicted molar refractivity (Wildman–Crippen MR) is 132 cm³/mol. The maximum absolute atomic E-state index is 6.08. The summed E-state index contributed by atoms with van der Waals surface area (Å²) < 4.78 is 0. The van der Waals surface area contributed by atoms with E-state index in [1.54, 1.807) is 13.2 Å². The van der Waals surface area contributed by atoms with E-state index in [1.165, 1.54) is 29.9 Å². The molecule has 3 heterocycles. The number of pyridine rings is 1. The van der Waals surface area contributed by atoms with Crippen molar-refractivity contribution in [3.05, 3.63) is 59.5 Å². The zero-order chi connectivity index (χ0) is 22.8. The molecular formula is C24H29N9. The Morgan fingerprint density at radius 1 is 1.18 bits per heavy atom. The van der Waals surface area contributed by atoms with Crippen LogP contribution in [0.4, 0.5) is 5.82 Å². The van der Waals surface area contributed by atoms with Gasteiger partial charge in [0.15, 0.2) is 5.84 Å². The summed E-state index contributed by atoms with van der Waals surface area (Å²) in [6, 6.07) is 12.6. The Balaban J connectivity index is 1.60. The molecule has 4 aromatic rings. The molecule has 1 aromatic carbocycles. The molecule has 0 bridgehead atoms. The summed E-state index contributed by atoms with van der Waals surface area (Å²) in [5, 5.41) is 9.87. The summed E-state index contributed by atoms with van der Waals surface area (Å²) in [6.07, 6.45) is 8.46. The fourth-order valence-electron chi connectivity index (χ4n) is 4.48. The lowest BCUT2D eigenvalue weighted by molar-refractivity contribution is 0.371. The number of amidine groups is 1. The Morgan fingerprint density at radius 2 is 1.97 bits per heavy atom. The van der Waals surface area contributed by atoms with Gasteiger partial charge >= 0.3 is 0 Å². The minimum absolute atomic E-state index is 0.296. The first-order chi connectivity index (χ1) is 16.1. The molecular weight excluding hydrogens is 414 g/mol. The van der Waals surface area contributed by atoms with Crippen molar-refractivity contribution in [2.24, 2.45) is 16.7 Å². The molecule has 5 rings (SSSR count). The third kappa shape index (κ3) is 4.58. The standard InChI is InChI=1S/C24H29N9/c1-33(26)32-22(25)16-13-18-21(27-14-16)20-23(28-17-10-6-3-7-11-17)30-19(31-24(20)29-18)12-15-8-4-2-5-9-15/h2,4-5,8-9,13-14,17H,3,6-7,10-12,26H2,1H3,(H2,25,32)(H2,28,29,30,31). The molecule has 1 saturated carbocycles. The maximum Gasteiger partial charge on any atom is 0.153 e. The zero-order valence-electron chi connectivity index (χ0n) is 18.8. The topological polar surface area (TPSA) is 134 Å². The van der Waals surface area contributed by atoms with E-state index in [9.17, 15) is 0 Å². The number of nitrogens with zero attached hydrogens (tertiary/aromatic N) is 5. The van der Waals surface area contributed by atoms with Gasteiger partial charge in [-0.1, -0.05) is 49.6 Å². The van der Waals surface area contributed by atoms with Gasteiger partial charge in [-0.3, -0.25) is 4.98 Å². The van der Waals surface area contributed by atoms with Gasteiger partial charge in [0.25, 0.3) is 0 Å². The van der Waals surface area contributed by atoms with E-state index in [0.717, 1.165) is 46.6 Å². The van der Waals surface area contributed by atoms with Crippen LogP contribution in [0.25, 0.3) is 22.1 Å². The number of benzene rings is 1. The van der Waals surface area contributed by atoms with Gasteiger partial charge < -0.3 is 16.0 Å². The highest BCUT2D eigenvalue weighted by molar-refractivity contribution is 6.10. The largest absolute Gasteiger partial charge is 0.382 e. The number of aromatic amines is 1. The fourth-order valence-corrected chi connectivity index (χ4v) is 4.48. The molecule has 0 atom stereocenters. The molecule has 0 unspecified atom stereocenters. The van der Waals surface area contributed by atoms with Crippen LogP contribution in [0, 0.1) is 0 Å². The first kappa shape index (κ1) is 21.1. The van der Waals surface area contributed by atoms with Crippen LogP contribution in [0.2, 0.25) is 0 Å². The number of hydrogen-bond acceptors (Lipinski definition) is 7. The number of hydrogen-bond donors (Lipinski definition) is 4. The van der Waals surface area contributed by atoms with E-state index in [0.29, 0.717) is 23.9 Å². The van der Waals surface area contributed by atoms with Crippen molar-refractivity contribution >= 4 is 33.7 Å². The summed E-state index contributed by atoms with van der Waals surface area (Å²) in [7, 11) is 1.62. The van der Waals surface area contributed by atoms with Crippen molar-refractivity contribution in [1.29, 1.82) is 0 Å². The van der Waals surface area contributed by atoms with Crippen LogP contribution in [-0.2, 0) is 6.42 Å². The van der Waals surface area contributed by atoms with Crippen LogP contribution in [0.5, 0.6) is 0 Å². The van der Waals surface area contributed by atoms with Crippen LogP contribution in [0.15, 0.2) is 47.7 Å². The summed E-state index contributed by atoms with van der Waals surface area (Å²) in [5.41, 5.74) is 10.3. The normalized spacial score (nSPS) is 15.3.